The Morgan fingerprint density at radius 3 is 2.41 bits per heavy atom. The van der Waals surface area contributed by atoms with Gasteiger partial charge >= 0.3 is 6.09 Å². The minimum Gasteiger partial charge on any atom is -0.465 e. The molecule has 0 bridgehead atoms. The molecule has 0 aromatic heterocycles. The topological polar surface area (TPSA) is 137 Å². The largest absolute Gasteiger partial charge is 0.465 e. The lowest BCUT2D eigenvalue weighted by molar-refractivity contribution is -0.139. The molecule has 1 saturated heterocycles. The molecule has 11 heteroatoms. The molecule has 3 aliphatic rings. The molecule has 0 unspecified atom stereocenters. The SMILES string of the molecule is N#CC1(NC(=O)O)CC1.O=C([C@@H]1CC[C@@H](S(=O)(=O)c2ccccc2Cl)C1)N1CCOCC1. The number of halogens is 1. The molecule has 32 heavy (non-hydrogen) atoms. The van der Waals surface area contributed by atoms with E-state index in [-0.39, 0.29) is 21.7 Å². The highest BCUT2D eigenvalue weighted by Gasteiger charge is 2.44. The molecule has 0 spiro atoms. The van der Waals surface area contributed by atoms with Crippen LogP contribution in [-0.2, 0) is 19.4 Å². The van der Waals surface area contributed by atoms with Crippen LogP contribution in [0.5, 0.6) is 0 Å². The summed E-state index contributed by atoms with van der Waals surface area (Å²) in [6.07, 6.45) is 1.68. The van der Waals surface area contributed by atoms with Gasteiger partial charge in [-0.1, -0.05) is 23.7 Å². The molecule has 2 N–H and O–H groups in total. The standard InChI is InChI=1S/C16H20ClNO4S.C5H6N2O2/c17-14-3-1-2-4-15(14)23(20,21)13-6-5-12(11-13)16(19)18-7-9-22-10-8-18;6-3-5(1-2-5)7-4(8)9/h1-4,12-13H,5-11H2;7H,1-2H2,(H,8,9)/t12-,13-;/m1./s1. The molecule has 1 aliphatic heterocycles. The van der Waals surface area contributed by atoms with Gasteiger partial charge in [0, 0.05) is 19.0 Å². The summed E-state index contributed by atoms with van der Waals surface area (Å²) in [5, 5.41) is 18.3. The number of rotatable bonds is 4. The Morgan fingerprint density at radius 2 is 1.88 bits per heavy atom. The van der Waals surface area contributed by atoms with E-state index in [0.717, 1.165) is 0 Å². The number of amides is 2. The summed E-state index contributed by atoms with van der Waals surface area (Å²) in [7, 11) is -3.49. The first-order valence-corrected chi connectivity index (χ1v) is 12.4. The van der Waals surface area contributed by atoms with Crippen LogP contribution >= 0.6 is 11.6 Å². The van der Waals surface area contributed by atoms with Crippen molar-refractivity contribution in [2.45, 2.75) is 47.8 Å². The number of carbonyl (C=O) groups excluding carboxylic acids is 1. The van der Waals surface area contributed by atoms with Crippen LogP contribution < -0.4 is 5.32 Å². The zero-order valence-electron chi connectivity index (χ0n) is 17.5. The van der Waals surface area contributed by atoms with Crippen molar-refractivity contribution in [2.24, 2.45) is 5.92 Å². The zero-order chi connectivity index (χ0) is 23.4. The number of hydrogen-bond donors (Lipinski definition) is 2. The number of benzene rings is 1. The van der Waals surface area contributed by atoms with Gasteiger partial charge in [0.25, 0.3) is 0 Å². The molecule has 2 aliphatic carbocycles. The van der Waals surface area contributed by atoms with Crippen LogP contribution in [0.3, 0.4) is 0 Å². The van der Waals surface area contributed by atoms with Crippen LogP contribution in [0.25, 0.3) is 0 Å². The van der Waals surface area contributed by atoms with Gasteiger partial charge in [-0.3, -0.25) is 4.79 Å². The highest BCUT2D eigenvalue weighted by molar-refractivity contribution is 7.92. The van der Waals surface area contributed by atoms with Gasteiger partial charge in [0.05, 0.1) is 34.5 Å². The molecule has 1 heterocycles. The Morgan fingerprint density at radius 1 is 1.22 bits per heavy atom. The number of nitrogens with zero attached hydrogens (tertiary/aromatic N) is 2. The Balaban J connectivity index is 0.000000269. The summed E-state index contributed by atoms with van der Waals surface area (Å²) < 4.78 is 30.8. The number of carboxylic acid groups (broad SMARTS) is 1. The highest BCUT2D eigenvalue weighted by Crippen LogP contribution is 2.37. The lowest BCUT2D eigenvalue weighted by atomic mass is 10.1. The van der Waals surface area contributed by atoms with Crippen molar-refractivity contribution in [1.29, 1.82) is 5.26 Å². The summed E-state index contributed by atoms with van der Waals surface area (Å²) in [4.78, 5) is 24.4. The number of sulfone groups is 1. The molecule has 2 amide bonds. The molecule has 2 saturated carbocycles. The number of hydrogen-bond acceptors (Lipinski definition) is 6. The molecule has 9 nitrogen and oxygen atoms in total. The second-order valence-electron chi connectivity index (χ2n) is 8.17. The van der Waals surface area contributed by atoms with Gasteiger partial charge in [-0.15, -0.1) is 0 Å². The number of carbonyl (C=O) groups is 2. The summed E-state index contributed by atoms with van der Waals surface area (Å²) >= 11 is 6.04. The Hall–Kier alpha value is -2.35. The summed E-state index contributed by atoms with van der Waals surface area (Å²) in [6.45, 7) is 2.30. The summed E-state index contributed by atoms with van der Waals surface area (Å²) in [5.41, 5.74) is -0.730. The normalized spacial score (nSPS) is 23.9. The first kappa shape index (κ1) is 24.3. The van der Waals surface area contributed by atoms with E-state index in [1.807, 2.05) is 6.07 Å². The van der Waals surface area contributed by atoms with Crippen LogP contribution in [0.1, 0.15) is 32.1 Å². The quantitative estimate of drug-likeness (QED) is 0.670. The maximum absolute atomic E-state index is 12.8. The van der Waals surface area contributed by atoms with Crippen molar-refractivity contribution in [3.05, 3.63) is 29.3 Å². The van der Waals surface area contributed by atoms with Crippen LogP contribution in [-0.4, -0.2) is 67.5 Å². The van der Waals surface area contributed by atoms with Gasteiger partial charge in [0.1, 0.15) is 5.54 Å². The van der Waals surface area contributed by atoms with Crippen molar-refractivity contribution in [1.82, 2.24) is 10.2 Å². The van der Waals surface area contributed by atoms with Gasteiger partial charge in [-0.2, -0.15) is 5.26 Å². The average Bonchev–Trinajstić information content (AvgIpc) is 3.35. The Kier molecular flexibility index (Phi) is 7.64. The van der Waals surface area contributed by atoms with Crippen molar-refractivity contribution >= 4 is 33.4 Å². The molecule has 174 valence electrons. The summed E-state index contributed by atoms with van der Waals surface area (Å²) in [5.74, 6) is -0.152. The van der Waals surface area contributed by atoms with Gasteiger partial charge in [0.2, 0.25) is 5.91 Å². The second-order valence-corrected chi connectivity index (χ2v) is 10.8. The van der Waals surface area contributed by atoms with Gasteiger partial charge in [0.15, 0.2) is 9.84 Å². The van der Waals surface area contributed by atoms with E-state index in [1.165, 1.54) is 6.07 Å². The molecule has 0 radical (unpaired) electrons. The maximum Gasteiger partial charge on any atom is 0.405 e. The third-order valence-electron chi connectivity index (χ3n) is 5.95. The van der Waals surface area contributed by atoms with Crippen molar-refractivity contribution in [3.63, 3.8) is 0 Å². The van der Waals surface area contributed by atoms with Crippen molar-refractivity contribution in [3.8, 4) is 6.07 Å². The first-order valence-electron chi connectivity index (χ1n) is 10.5. The molecule has 1 aromatic rings. The van der Waals surface area contributed by atoms with E-state index in [1.54, 1.807) is 23.1 Å². The van der Waals surface area contributed by atoms with Crippen LogP contribution in [0.15, 0.2) is 29.2 Å². The minimum atomic E-state index is -3.49. The summed E-state index contributed by atoms with van der Waals surface area (Å²) in [6, 6.07) is 8.39. The minimum absolute atomic E-state index is 0.0603. The van der Waals surface area contributed by atoms with Gasteiger partial charge < -0.3 is 20.1 Å². The average molecular weight is 484 g/mol. The Labute approximate surface area is 192 Å². The predicted molar refractivity (Wildman–Crippen MR) is 116 cm³/mol. The molecular weight excluding hydrogens is 458 g/mol. The fourth-order valence-corrected chi connectivity index (χ4v) is 6.30. The molecule has 3 fully saturated rings. The van der Waals surface area contributed by atoms with E-state index < -0.39 is 26.7 Å². The van der Waals surface area contributed by atoms with E-state index >= 15 is 0 Å². The highest BCUT2D eigenvalue weighted by atomic mass is 35.5. The van der Waals surface area contributed by atoms with Crippen molar-refractivity contribution < 1.29 is 27.9 Å². The van der Waals surface area contributed by atoms with E-state index in [9.17, 15) is 18.0 Å². The van der Waals surface area contributed by atoms with Crippen LogP contribution in [0, 0.1) is 17.2 Å². The van der Waals surface area contributed by atoms with E-state index in [2.05, 4.69) is 5.32 Å². The van der Waals surface area contributed by atoms with E-state index in [0.29, 0.717) is 58.4 Å². The Bertz CT molecular complexity index is 999. The van der Waals surface area contributed by atoms with E-state index in [4.69, 9.17) is 26.7 Å². The third kappa shape index (κ3) is 5.71. The zero-order valence-corrected chi connectivity index (χ0v) is 19.1. The molecular formula is C21H26ClN3O6S. The smallest absolute Gasteiger partial charge is 0.405 e. The van der Waals surface area contributed by atoms with Crippen LogP contribution in [0.2, 0.25) is 5.02 Å². The number of nitrogens with one attached hydrogen (secondary N) is 1. The first-order chi connectivity index (χ1) is 15.2. The molecule has 4 rings (SSSR count). The van der Waals surface area contributed by atoms with Gasteiger partial charge in [-0.25, -0.2) is 13.2 Å². The number of ether oxygens (including phenoxy) is 1. The fourth-order valence-electron chi connectivity index (χ4n) is 3.94. The number of nitriles is 1. The second kappa shape index (κ2) is 10.1. The van der Waals surface area contributed by atoms with Crippen LogP contribution in [0.4, 0.5) is 4.79 Å². The third-order valence-corrected chi connectivity index (χ3v) is 8.67. The molecule has 1 aromatic carbocycles. The monoisotopic (exact) mass is 483 g/mol. The number of morpholine rings is 1. The molecule has 2 atom stereocenters. The fraction of sp³-hybridized carbons (Fsp3) is 0.571. The maximum atomic E-state index is 12.8. The predicted octanol–water partition coefficient (Wildman–Crippen LogP) is 2.45. The lowest BCUT2D eigenvalue weighted by Gasteiger charge is -2.29. The van der Waals surface area contributed by atoms with Gasteiger partial charge in [-0.05, 0) is 44.2 Å². The van der Waals surface area contributed by atoms with Crippen molar-refractivity contribution in [2.75, 3.05) is 26.3 Å². The lowest BCUT2D eigenvalue weighted by Crippen LogP contribution is -2.43.